The Kier molecular flexibility index (Phi) is 4.70. The van der Waals surface area contributed by atoms with Gasteiger partial charge in [0.25, 0.3) is 0 Å². The fourth-order valence-corrected chi connectivity index (χ4v) is 2.53. The van der Waals surface area contributed by atoms with Crippen LogP contribution in [-0.4, -0.2) is 37.4 Å². The highest BCUT2D eigenvalue weighted by molar-refractivity contribution is 7.90. The normalized spacial score (nSPS) is 11.7. The number of sulfone groups is 1. The number of rotatable bonds is 6. The molecule has 0 bridgehead atoms. The van der Waals surface area contributed by atoms with Gasteiger partial charge in [-0.25, -0.2) is 13.2 Å². The Bertz CT molecular complexity index is 848. The molecule has 1 heterocycles. The summed E-state index contributed by atoms with van der Waals surface area (Å²) < 4.78 is 28.5. The number of nitrogens with zero attached hydrogens (tertiary/aromatic N) is 1. The van der Waals surface area contributed by atoms with E-state index in [9.17, 15) is 18.0 Å². The molecule has 0 unspecified atom stereocenters. The second kappa shape index (κ2) is 6.35. The molecule has 0 aliphatic rings. The number of amides is 1. The minimum atomic E-state index is -3.10. The van der Waals surface area contributed by atoms with Crippen molar-refractivity contribution in [2.75, 3.05) is 18.6 Å². The molecule has 0 aliphatic carbocycles. The summed E-state index contributed by atoms with van der Waals surface area (Å²) in [5, 5.41) is 2.52. The first-order valence-corrected chi connectivity index (χ1v) is 8.87. The van der Waals surface area contributed by atoms with Crippen LogP contribution < -0.4 is 11.1 Å². The summed E-state index contributed by atoms with van der Waals surface area (Å²) >= 11 is 0. The van der Waals surface area contributed by atoms with Gasteiger partial charge >= 0.3 is 5.76 Å². The van der Waals surface area contributed by atoms with E-state index in [1.807, 2.05) is 19.1 Å². The van der Waals surface area contributed by atoms with Crippen molar-refractivity contribution >= 4 is 26.8 Å². The Hall–Kier alpha value is -2.09. The lowest BCUT2D eigenvalue weighted by molar-refractivity contribution is -0.121. The number of benzene rings is 1. The molecule has 1 aromatic carbocycles. The number of carbonyl (C=O) groups excluding carboxylic acids is 1. The third-order valence-electron chi connectivity index (χ3n) is 3.18. The minimum absolute atomic E-state index is 0.0673. The Morgan fingerprint density at radius 3 is 2.77 bits per heavy atom. The smallest absolute Gasteiger partial charge is 0.408 e. The molecular formula is C14H18N2O5S. The van der Waals surface area contributed by atoms with E-state index in [-0.39, 0.29) is 31.2 Å². The number of fused-ring (bicyclic) bond motifs is 1. The van der Waals surface area contributed by atoms with Gasteiger partial charge in [-0.2, -0.15) is 0 Å². The predicted octanol–water partition coefficient (Wildman–Crippen LogP) is 0.454. The maximum absolute atomic E-state index is 11.8. The second-order valence-electron chi connectivity index (χ2n) is 5.22. The van der Waals surface area contributed by atoms with Crippen molar-refractivity contribution in [3.63, 3.8) is 0 Å². The van der Waals surface area contributed by atoms with Crippen molar-refractivity contribution in [3.8, 4) is 0 Å². The zero-order chi connectivity index (χ0) is 16.3. The lowest BCUT2D eigenvalue weighted by atomic mass is 10.2. The zero-order valence-corrected chi connectivity index (χ0v) is 13.3. The molecule has 2 aromatic rings. The van der Waals surface area contributed by atoms with Gasteiger partial charge in [-0.3, -0.25) is 9.36 Å². The molecule has 0 fully saturated rings. The third-order valence-corrected chi connectivity index (χ3v) is 4.13. The fourth-order valence-electron chi connectivity index (χ4n) is 2.06. The quantitative estimate of drug-likeness (QED) is 0.831. The molecule has 0 saturated carbocycles. The van der Waals surface area contributed by atoms with Gasteiger partial charge < -0.3 is 9.73 Å². The van der Waals surface area contributed by atoms with E-state index in [0.29, 0.717) is 11.1 Å². The van der Waals surface area contributed by atoms with E-state index in [1.54, 1.807) is 6.07 Å². The number of oxazole rings is 1. The third kappa shape index (κ3) is 4.20. The van der Waals surface area contributed by atoms with E-state index in [4.69, 9.17) is 4.42 Å². The molecule has 2 rings (SSSR count). The molecule has 0 saturated heterocycles. The van der Waals surface area contributed by atoms with Gasteiger partial charge in [-0.1, -0.05) is 6.07 Å². The highest BCUT2D eigenvalue weighted by atomic mass is 32.2. The van der Waals surface area contributed by atoms with Gasteiger partial charge in [-0.05, 0) is 24.6 Å². The van der Waals surface area contributed by atoms with Crippen LogP contribution in [0.2, 0.25) is 0 Å². The molecular weight excluding hydrogens is 308 g/mol. The van der Waals surface area contributed by atoms with Gasteiger partial charge in [0.15, 0.2) is 5.58 Å². The van der Waals surface area contributed by atoms with Crippen LogP contribution in [0, 0.1) is 6.92 Å². The maximum atomic E-state index is 11.8. The van der Waals surface area contributed by atoms with Crippen LogP contribution in [0.3, 0.4) is 0 Å². The molecule has 120 valence electrons. The second-order valence-corrected chi connectivity index (χ2v) is 7.48. The molecule has 1 aromatic heterocycles. The molecule has 22 heavy (non-hydrogen) atoms. The van der Waals surface area contributed by atoms with Crippen LogP contribution in [-0.2, 0) is 21.2 Å². The van der Waals surface area contributed by atoms with Crippen molar-refractivity contribution in [2.24, 2.45) is 0 Å². The summed E-state index contributed by atoms with van der Waals surface area (Å²) in [7, 11) is -3.10. The topological polar surface area (TPSA) is 98.4 Å². The lowest BCUT2D eigenvalue weighted by Crippen LogP contribution is -2.30. The standard InChI is InChI=1S/C14H18N2O5S/c1-10-3-4-12-11(9-10)16(14(18)21-12)7-5-13(17)15-6-8-22(2,19)20/h3-4,9H,5-8H2,1-2H3,(H,15,17). The van der Waals surface area contributed by atoms with E-state index >= 15 is 0 Å². The van der Waals surface area contributed by atoms with Gasteiger partial charge in [0.05, 0.1) is 11.3 Å². The van der Waals surface area contributed by atoms with Crippen LogP contribution in [0.25, 0.3) is 11.1 Å². The molecule has 0 radical (unpaired) electrons. The number of hydrogen-bond acceptors (Lipinski definition) is 5. The molecule has 8 heteroatoms. The summed E-state index contributed by atoms with van der Waals surface area (Å²) in [6.45, 7) is 2.15. The molecule has 0 aliphatic heterocycles. The number of hydrogen-bond donors (Lipinski definition) is 1. The first kappa shape index (κ1) is 16.3. The molecule has 1 amide bonds. The lowest BCUT2D eigenvalue weighted by Gasteiger charge is -2.05. The molecule has 1 N–H and O–H groups in total. The Labute approximate surface area is 127 Å². The summed E-state index contributed by atoms with van der Waals surface area (Å²) in [5.74, 6) is -0.922. The van der Waals surface area contributed by atoms with Crippen molar-refractivity contribution in [2.45, 2.75) is 19.9 Å². The minimum Gasteiger partial charge on any atom is -0.408 e. The average Bonchev–Trinajstić information content (AvgIpc) is 2.70. The summed E-state index contributed by atoms with van der Waals surface area (Å²) in [4.78, 5) is 23.5. The largest absolute Gasteiger partial charge is 0.419 e. The Morgan fingerprint density at radius 1 is 1.36 bits per heavy atom. The van der Waals surface area contributed by atoms with Crippen molar-refractivity contribution in [1.29, 1.82) is 0 Å². The molecule has 7 nitrogen and oxygen atoms in total. The van der Waals surface area contributed by atoms with Gasteiger partial charge in [0.2, 0.25) is 5.91 Å². The Balaban J connectivity index is 2.00. The molecule has 0 spiro atoms. The van der Waals surface area contributed by atoms with E-state index in [2.05, 4.69) is 5.32 Å². The monoisotopic (exact) mass is 326 g/mol. The van der Waals surface area contributed by atoms with Crippen molar-refractivity contribution < 1.29 is 17.6 Å². The summed E-state index contributed by atoms with van der Waals surface area (Å²) in [6, 6.07) is 5.38. The van der Waals surface area contributed by atoms with Crippen molar-refractivity contribution in [1.82, 2.24) is 9.88 Å². The van der Waals surface area contributed by atoms with Crippen LogP contribution in [0.4, 0.5) is 0 Å². The van der Waals surface area contributed by atoms with Gasteiger partial charge in [-0.15, -0.1) is 0 Å². The first-order valence-electron chi connectivity index (χ1n) is 6.81. The fraction of sp³-hybridized carbons (Fsp3) is 0.429. The SMILES string of the molecule is Cc1ccc2oc(=O)n(CCC(=O)NCCS(C)(=O)=O)c2c1. The van der Waals surface area contributed by atoms with E-state index in [0.717, 1.165) is 11.8 Å². The zero-order valence-electron chi connectivity index (χ0n) is 12.5. The first-order chi connectivity index (χ1) is 10.3. The van der Waals surface area contributed by atoms with Gasteiger partial charge in [0, 0.05) is 25.8 Å². The number of aromatic nitrogens is 1. The maximum Gasteiger partial charge on any atom is 0.419 e. The number of nitrogens with one attached hydrogen (secondary N) is 1. The van der Waals surface area contributed by atoms with Crippen LogP contribution in [0.1, 0.15) is 12.0 Å². The highest BCUT2D eigenvalue weighted by Gasteiger charge is 2.11. The highest BCUT2D eigenvalue weighted by Crippen LogP contribution is 2.14. The van der Waals surface area contributed by atoms with Crippen LogP contribution >= 0.6 is 0 Å². The average molecular weight is 326 g/mol. The van der Waals surface area contributed by atoms with Gasteiger partial charge in [0.1, 0.15) is 9.84 Å². The van der Waals surface area contributed by atoms with Crippen LogP contribution in [0.5, 0.6) is 0 Å². The summed E-state index contributed by atoms with van der Waals surface area (Å²) in [5.41, 5.74) is 2.11. The number of carbonyl (C=O) groups is 1. The Morgan fingerprint density at radius 2 is 2.09 bits per heavy atom. The number of aryl methyl sites for hydroxylation is 2. The van der Waals surface area contributed by atoms with Crippen LogP contribution in [0.15, 0.2) is 27.4 Å². The molecule has 0 atom stereocenters. The van der Waals surface area contributed by atoms with E-state index in [1.165, 1.54) is 4.57 Å². The predicted molar refractivity (Wildman–Crippen MR) is 82.5 cm³/mol. The van der Waals surface area contributed by atoms with E-state index < -0.39 is 15.6 Å². The van der Waals surface area contributed by atoms with Crippen molar-refractivity contribution in [3.05, 3.63) is 34.3 Å². The summed E-state index contributed by atoms with van der Waals surface area (Å²) in [6.07, 6.45) is 1.19.